The Hall–Kier alpha value is -1.09. The number of rotatable bonds is 6. The summed E-state index contributed by atoms with van der Waals surface area (Å²) in [6.45, 7) is 7.57. The fourth-order valence-corrected chi connectivity index (χ4v) is 3.37. The van der Waals surface area contributed by atoms with Crippen LogP contribution in [0.25, 0.3) is 0 Å². The predicted molar refractivity (Wildman–Crippen MR) is 84.9 cm³/mol. The van der Waals surface area contributed by atoms with Crippen molar-refractivity contribution in [3.05, 3.63) is 29.6 Å². The number of phenolic OH excluding ortho intramolecular Hbond substituents is 1. The van der Waals surface area contributed by atoms with Gasteiger partial charge in [0.15, 0.2) is 0 Å². The van der Waals surface area contributed by atoms with Crippen LogP contribution in [0, 0.1) is 11.7 Å². The van der Waals surface area contributed by atoms with E-state index in [1.807, 2.05) is 0 Å². The highest BCUT2D eigenvalue weighted by molar-refractivity contribution is 5.35. The van der Waals surface area contributed by atoms with Crippen LogP contribution in [-0.4, -0.2) is 22.6 Å². The van der Waals surface area contributed by atoms with Crippen LogP contribution in [0.15, 0.2) is 18.2 Å². The van der Waals surface area contributed by atoms with Crippen LogP contribution < -0.4 is 0 Å². The third kappa shape index (κ3) is 4.19. The van der Waals surface area contributed by atoms with Crippen LogP contribution in [0.1, 0.15) is 64.5 Å². The lowest BCUT2D eigenvalue weighted by Crippen LogP contribution is -2.37. The molecule has 1 aromatic rings. The van der Waals surface area contributed by atoms with Gasteiger partial charge in [-0.2, -0.15) is 0 Å². The largest absolute Gasteiger partial charge is 0.508 e. The van der Waals surface area contributed by atoms with E-state index < -0.39 is 0 Å². The fraction of sp³-hybridized carbons (Fsp3) is 0.667. The van der Waals surface area contributed by atoms with Crippen molar-refractivity contribution in [1.29, 1.82) is 0 Å². The Morgan fingerprint density at radius 2 is 1.90 bits per heavy atom. The molecule has 1 saturated carbocycles. The number of halogens is 1. The van der Waals surface area contributed by atoms with Gasteiger partial charge in [0.1, 0.15) is 11.6 Å². The Balaban J connectivity index is 2.19. The monoisotopic (exact) mass is 293 g/mol. The summed E-state index contributed by atoms with van der Waals surface area (Å²) < 4.78 is 13.5. The molecule has 0 saturated heterocycles. The average Bonchev–Trinajstić information content (AvgIpc) is 2.95. The molecule has 21 heavy (non-hydrogen) atoms. The maximum absolute atomic E-state index is 13.5. The van der Waals surface area contributed by atoms with E-state index >= 15 is 0 Å². The Labute approximate surface area is 128 Å². The van der Waals surface area contributed by atoms with E-state index in [1.165, 1.54) is 43.9 Å². The molecule has 1 unspecified atom stereocenters. The van der Waals surface area contributed by atoms with E-state index in [0.29, 0.717) is 17.5 Å². The summed E-state index contributed by atoms with van der Waals surface area (Å²) in [7, 11) is 0. The Morgan fingerprint density at radius 1 is 1.24 bits per heavy atom. The van der Waals surface area contributed by atoms with Crippen molar-refractivity contribution in [2.75, 3.05) is 6.54 Å². The molecular weight excluding hydrogens is 265 g/mol. The van der Waals surface area contributed by atoms with Crippen molar-refractivity contribution < 1.29 is 9.50 Å². The van der Waals surface area contributed by atoms with Crippen molar-refractivity contribution in [1.82, 2.24) is 4.90 Å². The van der Waals surface area contributed by atoms with Crippen molar-refractivity contribution >= 4 is 0 Å². The Bertz CT molecular complexity index is 455. The molecule has 1 aliphatic carbocycles. The van der Waals surface area contributed by atoms with Gasteiger partial charge < -0.3 is 5.11 Å². The SMILES string of the molecule is CC(C)CCN(C1CCCC1)C(C)c1cc(F)ccc1O. The molecule has 0 spiro atoms. The molecule has 1 aliphatic rings. The molecule has 118 valence electrons. The molecule has 0 aliphatic heterocycles. The first-order valence-electron chi connectivity index (χ1n) is 8.23. The van der Waals surface area contributed by atoms with Crippen LogP contribution in [0.4, 0.5) is 4.39 Å². The third-order valence-corrected chi connectivity index (χ3v) is 4.70. The van der Waals surface area contributed by atoms with Gasteiger partial charge in [-0.15, -0.1) is 0 Å². The standard InChI is InChI=1S/C18H28FNO/c1-13(2)10-11-20(16-6-4-5-7-16)14(3)17-12-15(19)8-9-18(17)21/h8-9,12-14,16,21H,4-7,10-11H2,1-3H3. The smallest absolute Gasteiger partial charge is 0.123 e. The Kier molecular flexibility index (Phi) is 5.63. The van der Waals surface area contributed by atoms with E-state index in [4.69, 9.17) is 0 Å². The third-order valence-electron chi connectivity index (χ3n) is 4.70. The van der Waals surface area contributed by atoms with Crippen LogP contribution >= 0.6 is 0 Å². The van der Waals surface area contributed by atoms with Gasteiger partial charge in [-0.3, -0.25) is 4.90 Å². The zero-order chi connectivity index (χ0) is 15.4. The minimum Gasteiger partial charge on any atom is -0.508 e. The van der Waals surface area contributed by atoms with E-state index in [0.717, 1.165) is 13.0 Å². The highest BCUT2D eigenvalue weighted by atomic mass is 19.1. The first-order valence-corrected chi connectivity index (χ1v) is 8.23. The summed E-state index contributed by atoms with van der Waals surface area (Å²) in [5.74, 6) is 0.587. The molecule has 1 N–H and O–H groups in total. The minimum atomic E-state index is -0.273. The Morgan fingerprint density at radius 3 is 2.52 bits per heavy atom. The van der Waals surface area contributed by atoms with E-state index in [2.05, 4.69) is 25.7 Å². The van der Waals surface area contributed by atoms with Crippen LogP contribution in [0.2, 0.25) is 0 Å². The van der Waals surface area contributed by atoms with E-state index in [-0.39, 0.29) is 17.6 Å². The van der Waals surface area contributed by atoms with Crippen LogP contribution in [-0.2, 0) is 0 Å². The van der Waals surface area contributed by atoms with Crippen molar-refractivity contribution in [3.8, 4) is 5.75 Å². The van der Waals surface area contributed by atoms with Crippen LogP contribution in [0.3, 0.4) is 0 Å². The number of aromatic hydroxyl groups is 1. The molecule has 1 aromatic carbocycles. The molecular formula is C18H28FNO. The second-order valence-corrected chi connectivity index (χ2v) is 6.74. The summed E-state index contributed by atoms with van der Waals surface area (Å²) in [4.78, 5) is 2.47. The highest BCUT2D eigenvalue weighted by Gasteiger charge is 2.28. The topological polar surface area (TPSA) is 23.5 Å². The van der Waals surface area contributed by atoms with Crippen molar-refractivity contribution in [3.63, 3.8) is 0 Å². The maximum atomic E-state index is 13.5. The lowest BCUT2D eigenvalue weighted by atomic mass is 10.0. The summed E-state index contributed by atoms with van der Waals surface area (Å²) in [5.41, 5.74) is 0.714. The van der Waals surface area contributed by atoms with E-state index in [9.17, 15) is 9.50 Å². The molecule has 0 amide bonds. The zero-order valence-electron chi connectivity index (χ0n) is 13.5. The fourth-order valence-electron chi connectivity index (χ4n) is 3.37. The van der Waals surface area contributed by atoms with Gasteiger partial charge >= 0.3 is 0 Å². The second kappa shape index (κ2) is 7.26. The molecule has 3 heteroatoms. The maximum Gasteiger partial charge on any atom is 0.123 e. The predicted octanol–water partition coefficient (Wildman–Crippen LogP) is 4.88. The number of nitrogens with zero attached hydrogens (tertiary/aromatic N) is 1. The lowest BCUT2D eigenvalue weighted by Gasteiger charge is -2.35. The van der Waals surface area contributed by atoms with E-state index in [1.54, 1.807) is 0 Å². The van der Waals surface area contributed by atoms with Gasteiger partial charge in [0, 0.05) is 17.6 Å². The van der Waals surface area contributed by atoms with Crippen LogP contribution in [0.5, 0.6) is 5.75 Å². The van der Waals surface area contributed by atoms with Crippen molar-refractivity contribution in [2.24, 2.45) is 5.92 Å². The molecule has 2 nitrogen and oxygen atoms in total. The molecule has 0 aromatic heterocycles. The van der Waals surface area contributed by atoms with Gasteiger partial charge in [0.25, 0.3) is 0 Å². The quantitative estimate of drug-likeness (QED) is 0.807. The molecule has 0 bridgehead atoms. The highest BCUT2D eigenvalue weighted by Crippen LogP contribution is 2.35. The molecule has 1 atom stereocenters. The first kappa shape index (κ1) is 16.3. The zero-order valence-corrected chi connectivity index (χ0v) is 13.5. The first-order chi connectivity index (χ1) is 9.99. The van der Waals surface area contributed by atoms with Crippen molar-refractivity contribution in [2.45, 2.75) is 65.0 Å². The lowest BCUT2D eigenvalue weighted by molar-refractivity contribution is 0.135. The average molecular weight is 293 g/mol. The number of hydrogen-bond acceptors (Lipinski definition) is 2. The number of hydrogen-bond donors (Lipinski definition) is 1. The summed E-state index contributed by atoms with van der Waals surface area (Å²) in [6.07, 6.45) is 6.14. The second-order valence-electron chi connectivity index (χ2n) is 6.74. The summed E-state index contributed by atoms with van der Waals surface area (Å²) in [6, 6.07) is 4.90. The molecule has 2 rings (SSSR count). The van der Waals surface area contributed by atoms with Gasteiger partial charge in [0.05, 0.1) is 0 Å². The van der Waals surface area contributed by atoms with Gasteiger partial charge in [0.2, 0.25) is 0 Å². The summed E-state index contributed by atoms with van der Waals surface area (Å²) in [5, 5.41) is 10.1. The number of phenols is 1. The minimum absolute atomic E-state index is 0.0579. The summed E-state index contributed by atoms with van der Waals surface area (Å²) >= 11 is 0. The van der Waals surface area contributed by atoms with Gasteiger partial charge in [-0.1, -0.05) is 26.7 Å². The van der Waals surface area contributed by atoms with Gasteiger partial charge in [-0.05, 0) is 56.8 Å². The normalized spacial score (nSPS) is 17.8. The van der Waals surface area contributed by atoms with Gasteiger partial charge in [-0.25, -0.2) is 4.39 Å². The number of benzene rings is 1. The molecule has 1 fully saturated rings. The molecule has 0 heterocycles. The molecule has 0 radical (unpaired) electrons.